The Labute approximate surface area is 149 Å². The number of ether oxygens (including phenoxy) is 2. The molecular weight excluding hydrogens is 320 g/mol. The van der Waals surface area contributed by atoms with Crippen molar-refractivity contribution in [1.82, 2.24) is 10.2 Å². The van der Waals surface area contributed by atoms with E-state index >= 15 is 0 Å². The minimum absolute atomic E-state index is 0.0192. The lowest BCUT2D eigenvalue weighted by molar-refractivity contribution is -0.130. The Morgan fingerprint density at radius 1 is 1.24 bits per heavy atom. The van der Waals surface area contributed by atoms with Gasteiger partial charge in [0.05, 0.1) is 0 Å². The molecule has 138 valence electrons. The van der Waals surface area contributed by atoms with Crippen molar-refractivity contribution < 1.29 is 19.1 Å². The topological polar surface area (TPSA) is 67.9 Å². The fraction of sp³-hybridized carbons (Fsp3) is 0.579. The molecular formula is C19H28N2O4. The lowest BCUT2D eigenvalue weighted by Gasteiger charge is -2.27. The number of rotatable bonds is 4. The number of benzene rings is 1. The van der Waals surface area contributed by atoms with Crippen LogP contribution in [0.3, 0.4) is 0 Å². The largest absolute Gasteiger partial charge is 0.484 e. The first-order valence-electron chi connectivity index (χ1n) is 8.58. The van der Waals surface area contributed by atoms with E-state index in [-0.39, 0.29) is 24.6 Å². The molecule has 0 aromatic heterocycles. The zero-order chi connectivity index (χ0) is 18.6. The van der Waals surface area contributed by atoms with Crippen LogP contribution in [0.1, 0.15) is 38.3 Å². The molecule has 1 aliphatic rings. The highest BCUT2D eigenvalue weighted by atomic mass is 16.6. The van der Waals surface area contributed by atoms with E-state index in [9.17, 15) is 9.59 Å². The van der Waals surface area contributed by atoms with E-state index in [1.165, 1.54) is 10.5 Å². The van der Waals surface area contributed by atoms with Crippen LogP contribution in [-0.2, 0) is 22.4 Å². The van der Waals surface area contributed by atoms with E-state index in [1.54, 1.807) is 14.1 Å². The van der Waals surface area contributed by atoms with Crippen molar-refractivity contribution in [3.8, 4) is 5.75 Å². The molecule has 6 heteroatoms. The van der Waals surface area contributed by atoms with Crippen LogP contribution in [0.4, 0.5) is 4.79 Å². The normalized spacial score (nSPS) is 16.6. The number of carbonyl (C=O) groups excluding carboxylic acids is 2. The predicted octanol–water partition coefficient (Wildman–Crippen LogP) is 2.54. The number of carbonyl (C=O) groups is 2. The second-order valence-electron chi connectivity index (χ2n) is 7.59. The zero-order valence-corrected chi connectivity index (χ0v) is 15.7. The third-order valence-corrected chi connectivity index (χ3v) is 3.99. The molecule has 0 unspecified atom stereocenters. The van der Waals surface area contributed by atoms with Gasteiger partial charge in [0, 0.05) is 20.1 Å². The fourth-order valence-corrected chi connectivity index (χ4v) is 2.69. The molecule has 0 saturated heterocycles. The first kappa shape index (κ1) is 19.1. The standard InChI is InChI=1S/C19H28N2O4/c1-19(2,3)25-18(23)20-15-8-6-13-7-9-16(11-14(13)10-15)24-12-17(22)21(4)5/h7,9,11,15H,6,8,10,12H2,1-5H3,(H,20,23)/t15-/m0/s1. The van der Waals surface area contributed by atoms with Gasteiger partial charge in [0.1, 0.15) is 11.4 Å². The van der Waals surface area contributed by atoms with Crippen LogP contribution in [-0.4, -0.2) is 49.2 Å². The Balaban J connectivity index is 1.95. The summed E-state index contributed by atoms with van der Waals surface area (Å²) in [4.78, 5) is 25.1. The van der Waals surface area contributed by atoms with Crippen LogP contribution < -0.4 is 10.1 Å². The maximum absolute atomic E-state index is 11.9. The molecule has 1 atom stereocenters. The molecule has 0 radical (unpaired) electrons. The van der Waals surface area contributed by atoms with Crippen LogP contribution in [0.15, 0.2) is 18.2 Å². The molecule has 1 aliphatic carbocycles. The molecule has 1 aromatic rings. The third kappa shape index (κ3) is 5.96. The Morgan fingerprint density at radius 2 is 1.96 bits per heavy atom. The second-order valence-corrected chi connectivity index (χ2v) is 7.59. The van der Waals surface area contributed by atoms with Gasteiger partial charge in [-0.05, 0) is 63.3 Å². The number of fused-ring (bicyclic) bond motifs is 1. The lowest BCUT2D eigenvalue weighted by atomic mass is 9.88. The smallest absolute Gasteiger partial charge is 0.407 e. The van der Waals surface area contributed by atoms with Crippen molar-refractivity contribution in [2.75, 3.05) is 20.7 Å². The highest BCUT2D eigenvalue weighted by molar-refractivity contribution is 5.77. The number of aryl methyl sites for hydroxylation is 1. The summed E-state index contributed by atoms with van der Waals surface area (Å²) in [6.07, 6.45) is 2.12. The Bertz CT molecular complexity index is 635. The summed E-state index contributed by atoms with van der Waals surface area (Å²) in [5.41, 5.74) is 1.90. The highest BCUT2D eigenvalue weighted by Gasteiger charge is 2.23. The Kier molecular flexibility index (Phi) is 5.93. The SMILES string of the molecule is CN(C)C(=O)COc1ccc2c(c1)C[C@@H](NC(=O)OC(C)(C)C)CC2. The first-order valence-corrected chi connectivity index (χ1v) is 8.58. The molecule has 25 heavy (non-hydrogen) atoms. The van der Waals surface area contributed by atoms with Gasteiger partial charge in [0.15, 0.2) is 6.61 Å². The van der Waals surface area contributed by atoms with E-state index in [4.69, 9.17) is 9.47 Å². The van der Waals surface area contributed by atoms with Crippen molar-refractivity contribution in [3.05, 3.63) is 29.3 Å². The molecule has 6 nitrogen and oxygen atoms in total. The van der Waals surface area contributed by atoms with E-state index in [0.29, 0.717) is 5.75 Å². The molecule has 1 aromatic carbocycles. The quantitative estimate of drug-likeness (QED) is 0.908. The van der Waals surface area contributed by atoms with Crippen molar-refractivity contribution in [2.45, 2.75) is 51.7 Å². The molecule has 0 spiro atoms. The third-order valence-electron chi connectivity index (χ3n) is 3.99. The number of hydrogen-bond donors (Lipinski definition) is 1. The van der Waals surface area contributed by atoms with Crippen molar-refractivity contribution >= 4 is 12.0 Å². The van der Waals surface area contributed by atoms with Gasteiger partial charge in [-0.3, -0.25) is 4.79 Å². The molecule has 0 bridgehead atoms. The molecule has 2 amide bonds. The summed E-state index contributed by atoms with van der Waals surface area (Å²) in [5, 5.41) is 2.94. The van der Waals surface area contributed by atoms with E-state index in [2.05, 4.69) is 5.32 Å². The molecule has 1 N–H and O–H groups in total. The average Bonchev–Trinajstić information content (AvgIpc) is 2.50. The predicted molar refractivity (Wildman–Crippen MR) is 95.8 cm³/mol. The van der Waals surface area contributed by atoms with E-state index < -0.39 is 5.60 Å². The molecule has 0 heterocycles. The summed E-state index contributed by atoms with van der Waals surface area (Å²) in [5.74, 6) is 0.592. The van der Waals surface area contributed by atoms with Crippen molar-refractivity contribution in [1.29, 1.82) is 0 Å². The summed E-state index contributed by atoms with van der Waals surface area (Å²) < 4.78 is 10.9. The number of likely N-dealkylation sites (N-methyl/N-ethyl adjacent to an activating group) is 1. The Morgan fingerprint density at radius 3 is 2.60 bits per heavy atom. The van der Waals surface area contributed by atoms with Gasteiger partial charge in [0.25, 0.3) is 5.91 Å². The Hall–Kier alpha value is -2.24. The molecule has 0 aliphatic heterocycles. The first-order chi connectivity index (χ1) is 11.6. The van der Waals surface area contributed by atoms with E-state index in [0.717, 1.165) is 24.8 Å². The maximum Gasteiger partial charge on any atom is 0.407 e. The van der Waals surface area contributed by atoms with Gasteiger partial charge >= 0.3 is 6.09 Å². The molecule has 0 saturated carbocycles. The molecule has 2 rings (SSSR count). The van der Waals surface area contributed by atoms with Gasteiger partial charge in [-0.25, -0.2) is 4.79 Å². The monoisotopic (exact) mass is 348 g/mol. The number of nitrogens with zero attached hydrogens (tertiary/aromatic N) is 1. The number of alkyl carbamates (subject to hydrolysis) is 1. The van der Waals surface area contributed by atoms with Crippen LogP contribution >= 0.6 is 0 Å². The van der Waals surface area contributed by atoms with Gasteiger partial charge in [-0.15, -0.1) is 0 Å². The molecule has 0 fully saturated rings. The minimum Gasteiger partial charge on any atom is -0.484 e. The van der Waals surface area contributed by atoms with Crippen LogP contribution in [0.25, 0.3) is 0 Å². The number of hydrogen-bond acceptors (Lipinski definition) is 4. The zero-order valence-electron chi connectivity index (χ0n) is 15.7. The maximum atomic E-state index is 11.9. The van der Waals surface area contributed by atoms with Crippen LogP contribution in [0.5, 0.6) is 5.75 Å². The van der Waals surface area contributed by atoms with Crippen molar-refractivity contribution in [2.24, 2.45) is 0 Å². The minimum atomic E-state index is -0.503. The van der Waals surface area contributed by atoms with Crippen molar-refractivity contribution in [3.63, 3.8) is 0 Å². The summed E-state index contributed by atoms with van der Waals surface area (Å²) in [6.45, 7) is 5.57. The fourth-order valence-electron chi connectivity index (χ4n) is 2.69. The highest BCUT2D eigenvalue weighted by Crippen LogP contribution is 2.26. The summed E-state index contributed by atoms with van der Waals surface area (Å²) in [7, 11) is 3.40. The van der Waals surface area contributed by atoms with E-state index in [1.807, 2.05) is 39.0 Å². The second kappa shape index (κ2) is 7.76. The summed E-state index contributed by atoms with van der Waals surface area (Å²) >= 11 is 0. The summed E-state index contributed by atoms with van der Waals surface area (Å²) in [6, 6.07) is 5.93. The lowest BCUT2D eigenvalue weighted by Crippen LogP contribution is -2.41. The number of nitrogens with one attached hydrogen (secondary N) is 1. The van der Waals surface area contributed by atoms with Gasteiger partial charge < -0.3 is 19.7 Å². The number of amides is 2. The van der Waals surface area contributed by atoms with Gasteiger partial charge in [-0.2, -0.15) is 0 Å². The van der Waals surface area contributed by atoms with Crippen LogP contribution in [0.2, 0.25) is 0 Å². The van der Waals surface area contributed by atoms with Gasteiger partial charge in [0.2, 0.25) is 0 Å². The average molecular weight is 348 g/mol. The van der Waals surface area contributed by atoms with Gasteiger partial charge in [-0.1, -0.05) is 6.07 Å². The van der Waals surface area contributed by atoms with Crippen LogP contribution in [0, 0.1) is 0 Å².